The van der Waals surface area contributed by atoms with Gasteiger partial charge in [-0.15, -0.1) is 12.4 Å². The Hall–Kier alpha value is -1.81. The summed E-state index contributed by atoms with van der Waals surface area (Å²) in [4.78, 5) is 16.9. The molecule has 4 nitrogen and oxygen atoms in total. The highest BCUT2D eigenvalue weighted by molar-refractivity contribution is 5.85. The lowest BCUT2D eigenvalue weighted by molar-refractivity contribution is 0.111. The lowest BCUT2D eigenvalue weighted by Crippen LogP contribution is -2.28. The van der Waals surface area contributed by atoms with Gasteiger partial charge in [-0.25, -0.2) is 4.79 Å². The number of rotatable bonds is 2. The molecule has 0 aromatic heterocycles. The first-order chi connectivity index (χ1) is 7.86. The molecule has 17 heavy (non-hydrogen) atoms. The number of nitrogens with zero attached hydrogens (tertiary/aromatic N) is 2. The van der Waals surface area contributed by atoms with Crippen molar-refractivity contribution >= 4 is 24.7 Å². The van der Waals surface area contributed by atoms with Crippen molar-refractivity contribution in [1.29, 1.82) is 0 Å². The zero-order valence-corrected chi connectivity index (χ0v) is 9.97. The number of benzene rings is 1. The van der Waals surface area contributed by atoms with E-state index in [1.807, 2.05) is 30.3 Å². The number of allylic oxidation sites excluding steroid dienone is 1. The molecule has 0 bridgehead atoms. The van der Waals surface area contributed by atoms with Crippen LogP contribution in [0.3, 0.4) is 0 Å². The van der Waals surface area contributed by atoms with E-state index in [0.717, 1.165) is 5.56 Å². The van der Waals surface area contributed by atoms with E-state index in [9.17, 15) is 4.79 Å². The molecule has 0 saturated carbocycles. The van der Waals surface area contributed by atoms with Crippen molar-refractivity contribution in [3.05, 3.63) is 48.2 Å². The Labute approximate surface area is 106 Å². The molecule has 1 heterocycles. The van der Waals surface area contributed by atoms with Gasteiger partial charge in [0, 0.05) is 12.4 Å². The van der Waals surface area contributed by atoms with Gasteiger partial charge in [-0.2, -0.15) is 0 Å². The van der Waals surface area contributed by atoms with Crippen molar-refractivity contribution in [3.63, 3.8) is 0 Å². The second-order valence-electron chi connectivity index (χ2n) is 3.32. The number of hydrogen-bond acceptors (Lipinski definition) is 3. The van der Waals surface area contributed by atoms with E-state index in [1.165, 1.54) is 4.90 Å². The Bertz CT molecular complexity index is 418. The van der Waals surface area contributed by atoms with E-state index < -0.39 is 0 Å². The summed E-state index contributed by atoms with van der Waals surface area (Å²) in [6, 6.07) is 9.57. The number of aliphatic imine (C=N–C) groups is 1. The number of carbonyl (C=O) groups is 1. The highest BCUT2D eigenvalue weighted by Crippen LogP contribution is 2.04. The third-order valence-electron chi connectivity index (χ3n) is 2.13. The summed E-state index contributed by atoms with van der Waals surface area (Å²) < 4.78 is 5.13. The molecule has 0 fully saturated rings. The van der Waals surface area contributed by atoms with Crippen LogP contribution in [0.5, 0.6) is 0 Å². The Morgan fingerprint density at radius 3 is 2.76 bits per heavy atom. The van der Waals surface area contributed by atoms with E-state index in [-0.39, 0.29) is 25.1 Å². The largest absolute Gasteiger partial charge is 0.444 e. The zero-order chi connectivity index (χ0) is 11.2. The topological polar surface area (TPSA) is 41.9 Å². The minimum absolute atomic E-state index is 0. The van der Waals surface area contributed by atoms with Crippen molar-refractivity contribution in [2.45, 2.75) is 6.61 Å². The van der Waals surface area contributed by atoms with E-state index in [1.54, 1.807) is 18.5 Å². The molecule has 0 unspecified atom stereocenters. The maximum atomic E-state index is 11.5. The van der Waals surface area contributed by atoms with Crippen LogP contribution < -0.4 is 0 Å². The number of ether oxygens (including phenoxy) is 1. The van der Waals surface area contributed by atoms with Crippen molar-refractivity contribution in [3.8, 4) is 0 Å². The average Bonchev–Trinajstić information content (AvgIpc) is 2.38. The molecule has 0 N–H and O–H groups in total. The minimum Gasteiger partial charge on any atom is -0.444 e. The second-order valence-corrected chi connectivity index (χ2v) is 3.32. The van der Waals surface area contributed by atoms with Crippen LogP contribution in [-0.2, 0) is 11.3 Å². The van der Waals surface area contributed by atoms with Crippen LogP contribution >= 0.6 is 12.4 Å². The fraction of sp³-hybridized carbons (Fsp3) is 0.167. The van der Waals surface area contributed by atoms with Crippen molar-refractivity contribution in [1.82, 2.24) is 4.90 Å². The second kappa shape index (κ2) is 6.70. The van der Waals surface area contributed by atoms with E-state index >= 15 is 0 Å². The van der Waals surface area contributed by atoms with Crippen LogP contribution in [0.1, 0.15) is 5.56 Å². The summed E-state index contributed by atoms with van der Waals surface area (Å²) in [5, 5.41) is 0. The van der Waals surface area contributed by atoms with Gasteiger partial charge in [0.2, 0.25) is 0 Å². The van der Waals surface area contributed by atoms with Crippen molar-refractivity contribution < 1.29 is 9.53 Å². The SMILES string of the molecule is Cl.O=C(OCc1ccccc1)N1C=CC=NC1. The van der Waals surface area contributed by atoms with Crippen LogP contribution in [0.15, 0.2) is 47.6 Å². The summed E-state index contributed by atoms with van der Waals surface area (Å²) in [5.41, 5.74) is 0.973. The first-order valence-electron chi connectivity index (χ1n) is 5.00. The Morgan fingerprint density at radius 2 is 2.12 bits per heavy atom. The van der Waals surface area contributed by atoms with Gasteiger partial charge in [0.1, 0.15) is 13.3 Å². The first kappa shape index (κ1) is 13.3. The number of halogens is 1. The fourth-order valence-corrected chi connectivity index (χ4v) is 1.31. The molecule has 1 aromatic carbocycles. The Kier molecular flexibility index (Phi) is 5.23. The normalized spacial score (nSPS) is 13.1. The fourth-order valence-electron chi connectivity index (χ4n) is 1.31. The predicted octanol–water partition coefficient (Wildman–Crippen LogP) is 2.60. The maximum absolute atomic E-state index is 11.5. The summed E-state index contributed by atoms with van der Waals surface area (Å²) in [6.07, 6.45) is 4.63. The summed E-state index contributed by atoms with van der Waals surface area (Å²) in [5.74, 6) is 0. The third kappa shape index (κ3) is 3.92. The zero-order valence-electron chi connectivity index (χ0n) is 9.15. The molecule has 5 heteroatoms. The van der Waals surface area contributed by atoms with Crippen molar-refractivity contribution in [2.75, 3.05) is 6.67 Å². The summed E-state index contributed by atoms with van der Waals surface area (Å²) >= 11 is 0. The molecular formula is C12H13ClN2O2. The lowest BCUT2D eigenvalue weighted by atomic mass is 10.2. The number of carbonyl (C=O) groups excluding carboxylic acids is 1. The van der Waals surface area contributed by atoms with Crippen LogP contribution in [-0.4, -0.2) is 23.9 Å². The Balaban J connectivity index is 0.00000144. The van der Waals surface area contributed by atoms with Gasteiger partial charge in [-0.3, -0.25) is 9.89 Å². The van der Waals surface area contributed by atoms with Gasteiger partial charge < -0.3 is 4.74 Å². The lowest BCUT2D eigenvalue weighted by Gasteiger charge is -2.17. The van der Waals surface area contributed by atoms with E-state index in [4.69, 9.17) is 4.74 Å². The monoisotopic (exact) mass is 252 g/mol. The van der Waals surface area contributed by atoms with Gasteiger partial charge >= 0.3 is 6.09 Å². The maximum Gasteiger partial charge on any atom is 0.415 e. The van der Waals surface area contributed by atoms with Gasteiger partial charge in [0.15, 0.2) is 0 Å². The van der Waals surface area contributed by atoms with Crippen LogP contribution in [0.25, 0.3) is 0 Å². The van der Waals surface area contributed by atoms with E-state index in [2.05, 4.69) is 4.99 Å². The molecule has 1 aliphatic heterocycles. The summed E-state index contributed by atoms with van der Waals surface area (Å²) in [7, 11) is 0. The van der Waals surface area contributed by atoms with Gasteiger partial charge in [0.25, 0.3) is 0 Å². The van der Waals surface area contributed by atoms with Crippen LogP contribution in [0.4, 0.5) is 4.79 Å². The molecule has 1 aromatic rings. The number of hydrogen-bond donors (Lipinski definition) is 0. The predicted molar refractivity (Wildman–Crippen MR) is 68.2 cm³/mol. The molecule has 0 atom stereocenters. The number of amides is 1. The van der Waals surface area contributed by atoms with Crippen LogP contribution in [0, 0.1) is 0 Å². The quantitative estimate of drug-likeness (QED) is 0.812. The highest BCUT2D eigenvalue weighted by Gasteiger charge is 2.12. The molecular weight excluding hydrogens is 240 g/mol. The van der Waals surface area contributed by atoms with Crippen molar-refractivity contribution in [2.24, 2.45) is 4.99 Å². The molecule has 1 amide bonds. The van der Waals surface area contributed by atoms with Crippen LogP contribution in [0.2, 0.25) is 0 Å². The smallest absolute Gasteiger partial charge is 0.415 e. The molecule has 0 spiro atoms. The Morgan fingerprint density at radius 1 is 1.35 bits per heavy atom. The van der Waals surface area contributed by atoms with Gasteiger partial charge in [0.05, 0.1) is 0 Å². The molecule has 0 radical (unpaired) electrons. The van der Waals surface area contributed by atoms with Gasteiger partial charge in [-0.1, -0.05) is 30.3 Å². The third-order valence-corrected chi connectivity index (χ3v) is 2.13. The first-order valence-corrected chi connectivity index (χ1v) is 5.00. The molecule has 1 aliphatic rings. The standard InChI is InChI=1S/C12H12N2O2.ClH/c15-12(14-8-4-7-13-10-14)16-9-11-5-2-1-3-6-11;/h1-8H,9-10H2;1H. The molecule has 0 saturated heterocycles. The van der Waals surface area contributed by atoms with Gasteiger partial charge in [-0.05, 0) is 11.6 Å². The molecule has 2 rings (SSSR count). The highest BCUT2D eigenvalue weighted by atomic mass is 35.5. The summed E-state index contributed by atoms with van der Waals surface area (Å²) in [6.45, 7) is 0.609. The molecule has 90 valence electrons. The molecule has 0 aliphatic carbocycles. The minimum atomic E-state index is -0.378. The average molecular weight is 253 g/mol. The van der Waals surface area contributed by atoms with E-state index in [0.29, 0.717) is 6.67 Å².